The fraction of sp³-hybridized carbons (Fsp3) is 0.0909. The van der Waals surface area contributed by atoms with E-state index in [1.807, 2.05) is 13.1 Å². The molecule has 0 unspecified atom stereocenters. The summed E-state index contributed by atoms with van der Waals surface area (Å²) in [5.41, 5.74) is 7.76. The lowest BCUT2D eigenvalue weighted by Gasteiger charge is -2.05. The molecule has 0 atom stereocenters. The zero-order valence-electron chi connectivity index (χ0n) is 8.71. The van der Waals surface area contributed by atoms with Crippen LogP contribution in [-0.2, 0) is 0 Å². The van der Waals surface area contributed by atoms with E-state index >= 15 is 0 Å². The monoisotopic (exact) mass is 217 g/mol. The maximum Gasteiger partial charge on any atom is 0.337 e. The maximum absolute atomic E-state index is 10.8. The number of nitrogen functional groups attached to an aromatic ring is 1. The largest absolute Gasteiger partial charge is 0.478 e. The summed E-state index contributed by atoms with van der Waals surface area (Å²) in [6, 6.07) is 4.74. The number of aromatic carboxylic acids is 1. The summed E-state index contributed by atoms with van der Waals surface area (Å²) in [7, 11) is 0. The highest BCUT2D eigenvalue weighted by Gasteiger charge is 2.08. The minimum atomic E-state index is -1.03. The number of nitrogens with zero attached hydrogens (tertiary/aromatic N) is 2. The number of rotatable bonds is 2. The van der Waals surface area contributed by atoms with Crippen molar-refractivity contribution in [1.29, 1.82) is 0 Å². The van der Waals surface area contributed by atoms with Crippen LogP contribution in [0.4, 0.5) is 5.69 Å². The van der Waals surface area contributed by atoms with Crippen LogP contribution in [0.3, 0.4) is 0 Å². The van der Waals surface area contributed by atoms with Crippen LogP contribution in [0.5, 0.6) is 0 Å². The van der Waals surface area contributed by atoms with Gasteiger partial charge in [0.1, 0.15) is 0 Å². The Bertz CT molecular complexity index is 546. The smallest absolute Gasteiger partial charge is 0.337 e. The topological polar surface area (TPSA) is 81.1 Å². The number of aromatic nitrogens is 2. The molecule has 1 aromatic heterocycles. The Morgan fingerprint density at radius 2 is 2.25 bits per heavy atom. The van der Waals surface area contributed by atoms with E-state index in [0.717, 1.165) is 11.3 Å². The molecule has 82 valence electrons. The maximum atomic E-state index is 10.8. The van der Waals surface area contributed by atoms with Crippen LogP contribution < -0.4 is 5.73 Å². The highest BCUT2D eigenvalue weighted by atomic mass is 16.4. The molecule has 0 saturated carbocycles. The summed E-state index contributed by atoms with van der Waals surface area (Å²) < 4.78 is 1.65. The minimum Gasteiger partial charge on any atom is -0.478 e. The predicted octanol–water partition coefficient (Wildman–Crippen LogP) is 1.46. The van der Waals surface area contributed by atoms with Crippen molar-refractivity contribution in [1.82, 2.24) is 9.78 Å². The fourth-order valence-electron chi connectivity index (χ4n) is 1.44. The van der Waals surface area contributed by atoms with E-state index in [1.54, 1.807) is 23.0 Å². The molecule has 0 saturated heterocycles. The zero-order valence-corrected chi connectivity index (χ0v) is 8.71. The second-order valence-corrected chi connectivity index (χ2v) is 3.54. The molecule has 0 bridgehead atoms. The van der Waals surface area contributed by atoms with Crippen molar-refractivity contribution in [3.05, 3.63) is 41.7 Å². The normalized spacial score (nSPS) is 10.3. The predicted molar refractivity (Wildman–Crippen MR) is 59.7 cm³/mol. The number of aryl methyl sites for hydroxylation is 1. The van der Waals surface area contributed by atoms with Gasteiger partial charge in [0.2, 0.25) is 0 Å². The number of hydrogen-bond donors (Lipinski definition) is 2. The van der Waals surface area contributed by atoms with Gasteiger partial charge in [-0.25, -0.2) is 9.48 Å². The molecule has 5 heteroatoms. The van der Waals surface area contributed by atoms with Gasteiger partial charge in [0.05, 0.1) is 17.4 Å². The van der Waals surface area contributed by atoms with Gasteiger partial charge in [-0.1, -0.05) is 0 Å². The average molecular weight is 217 g/mol. The van der Waals surface area contributed by atoms with Crippen LogP contribution in [-0.4, -0.2) is 20.9 Å². The Hall–Kier alpha value is -2.30. The highest BCUT2D eigenvalue weighted by molar-refractivity contribution is 5.94. The fourth-order valence-corrected chi connectivity index (χ4v) is 1.44. The molecular weight excluding hydrogens is 206 g/mol. The lowest BCUT2D eigenvalue weighted by Crippen LogP contribution is -2.04. The first-order valence-electron chi connectivity index (χ1n) is 4.72. The van der Waals surface area contributed by atoms with Gasteiger partial charge in [-0.05, 0) is 30.7 Å². The van der Waals surface area contributed by atoms with Gasteiger partial charge in [0, 0.05) is 11.9 Å². The van der Waals surface area contributed by atoms with Crippen molar-refractivity contribution < 1.29 is 9.90 Å². The molecular formula is C11H11N3O2. The number of hydrogen-bond acceptors (Lipinski definition) is 3. The quantitative estimate of drug-likeness (QED) is 0.746. The van der Waals surface area contributed by atoms with E-state index in [9.17, 15) is 4.79 Å². The van der Waals surface area contributed by atoms with Gasteiger partial charge < -0.3 is 10.8 Å². The molecule has 2 rings (SSSR count). The lowest BCUT2D eigenvalue weighted by atomic mass is 10.1. The summed E-state index contributed by atoms with van der Waals surface area (Å²) >= 11 is 0. The number of carboxylic acids is 1. The van der Waals surface area contributed by atoms with Crippen molar-refractivity contribution in [3.63, 3.8) is 0 Å². The first-order valence-corrected chi connectivity index (χ1v) is 4.72. The first kappa shape index (κ1) is 10.2. The molecule has 0 aliphatic carbocycles. The molecule has 5 nitrogen and oxygen atoms in total. The summed E-state index contributed by atoms with van der Waals surface area (Å²) in [6.07, 6.45) is 3.57. The molecule has 0 radical (unpaired) electrons. The molecule has 2 aromatic rings. The van der Waals surface area contributed by atoms with E-state index in [0.29, 0.717) is 0 Å². The summed E-state index contributed by atoms with van der Waals surface area (Å²) in [4.78, 5) is 10.8. The second kappa shape index (κ2) is 3.69. The number of anilines is 1. The van der Waals surface area contributed by atoms with Crippen molar-refractivity contribution in [2.75, 3.05) is 5.73 Å². The minimum absolute atomic E-state index is 0.104. The van der Waals surface area contributed by atoms with Crippen LogP contribution in [0.2, 0.25) is 0 Å². The molecule has 0 aliphatic rings. The van der Waals surface area contributed by atoms with Crippen LogP contribution in [0.1, 0.15) is 15.9 Å². The van der Waals surface area contributed by atoms with E-state index in [1.165, 1.54) is 6.07 Å². The third-order valence-corrected chi connectivity index (χ3v) is 2.24. The Morgan fingerprint density at radius 1 is 1.50 bits per heavy atom. The zero-order chi connectivity index (χ0) is 11.7. The number of nitrogens with two attached hydrogens (primary N) is 1. The molecule has 0 spiro atoms. The highest BCUT2D eigenvalue weighted by Crippen LogP contribution is 2.17. The lowest BCUT2D eigenvalue weighted by molar-refractivity contribution is 0.0698. The van der Waals surface area contributed by atoms with Crippen molar-refractivity contribution in [3.8, 4) is 5.69 Å². The molecule has 1 aromatic carbocycles. The molecule has 0 fully saturated rings. The van der Waals surface area contributed by atoms with Crippen LogP contribution in [0.25, 0.3) is 5.69 Å². The van der Waals surface area contributed by atoms with E-state index in [2.05, 4.69) is 5.10 Å². The van der Waals surface area contributed by atoms with E-state index < -0.39 is 5.97 Å². The molecule has 0 aliphatic heterocycles. The standard InChI is InChI=1S/C11H11N3O2/c1-7-5-13-14(6-7)8-2-3-9(11(15)16)10(12)4-8/h2-6H,12H2,1H3,(H,15,16). The number of benzene rings is 1. The summed E-state index contributed by atoms with van der Waals surface area (Å²) in [5, 5.41) is 12.9. The molecule has 16 heavy (non-hydrogen) atoms. The second-order valence-electron chi connectivity index (χ2n) is 3.54. The Balaban J connectivity index is 2.45. The van der Waals surface area contributed by atoms with Crippen molar-refractivity contribution in [2.24, 2.45) is 0 Å². The summed E-state index contributed by atoms with van der Waals surface area (Å²) in [6.45, 7) is 1.93. The van der Waals surface area contributed by atoms with Crippen molar-refractivity contribution in [2.45, 2.75) is 6.92 Å². The Kier molecular flexibility index (Phi) is 2.36. The van der Waals surface area contributed by atoms with Crippen LogP contribution >= 0.6 is 0 Å². The summed E-state index contributed by atoms with van der Waals surface area (Å²) in [5.74, 6) is -1.03. The van der Waals surface area contributed by atoms with Gasteiger partial charge in [-0.15, -0.1) is 0 Å². The Morgan fingerprint density at radius 3 is 2.75 bits per heavy atom. The average Bonchev–Trinajstić information content (AvgIpc) is 2.64. The first-order chi connectivity index (χ1) is 7.58. The number of carboxylic acid groups (broad SMARTS) is 1. The van der Waals surface area contributed by atoms with E-state index in [-0.39, 0.29) is 11.3 Å². The molecule has 0 amide bonds. The SMILES string of the molecule is Cc1cnn(-c2ccc(C(=O)O)c(N)c2)c1. The van der Waals surface area contributed by atoms with Gasteiger partial charge >= 0.3 is 5.97 Å². The van der Waals surface area contributed by atoms with E-state index in [4.69, 9.17) is 10.8 Å². The third kappa shape index (κ3) is 1.75. The number of carbonyl (C=O) groups is 1. The van der Waals surface area contributed by atoms with Gasteiger partial charge in [-0.3, -0.25) is 0 Å². The van der Waals surface area contributed by atoms with Crippen molar-refractivity contribution >= 4 is 11.7 Å². The molecule has 3 N–H and O–H groups in total. The molecule has 1 heterocycles. The van der Waals surface area contributed by atoms with Crippen LogP contribution in [0.15, 0.2) is 30.6 Å². The Labute approximate surface area is 92.1 Å². The third-order valence-electron chi connectivity index (χ3n) is 2.24. The van der Waals surface area contributed by atoms with Gasteiger partial charge in [0.25, 0.3) is 0 Å². The van der Waals surface area contributed by atoms with Gasteiger partial charge in [0.15, 0.2) is 0 Å². The van der Waals surface area contributed by atoms with Gasteiger partial charge in [-0.2, -0.15) is 5.10 Å². The van der Waals surface area contributed by atoms with Crippen LogP contribution in [0, 0.1) is 6.92 Å².